The van der Waals surface area contributed by atoms with Gasteiger partial charge in [-0.3, -0.25) is 4.79 Å². The van der Waals surface area contributed by atoms with Crippen LogP contribution in [0.2, 0.25) is 5.02 Å². The number of carboxylic acid groups (broad SMARTS) is 1. The minimum atomic E-state index is -0.840. The lowest BCUT2D eigenvalue weighted by Crippen LogP contribution is -2.27. The van der Waals surface area contributed by atoms with Crippen molar-refractivity contribution in [3.63, 3.8) is 0 Å². The molecule has 1 N–H and O–H groups in total. The Morgan fingerprint density at radius 2 is 2.11 bits per heavy atom. The van der Waals surface area contributed by atoms with Gasteiger partial charge in [0.05, 0.1) is 16.4 Å². The monoisotopic (exact) mass is 280 g/mol. The molecule has 5 heteroatoms. The predicted molar refractivity (Wildman–Crippen MR) is 75.6 cm³/mol. The van der Waals surface area contributed by atoms with E-state index < -0.39 is 11.4 Å². The van der Waals surface area contributed by atoms with Crippen LogP contribution in [-0.2, 0) is 18.3 Å². The van der Waals surface area contributed by atoms with E-state index in [1.807, 2.05) is 30.7 Å². The van der Waals surface area contributed by atoms with E-state index in [1.54, 1.807) is 13.8 Å². The SMILES string of the molecule is Cc1cc(Cl)cc2c1nc(CC(C)(C)C(=O)O)n2C. The molecule has 0 amide bonds. The number of benzene rings is 1. The number of rotatable bonds is 3. The second-order valence-corrected chi connectivity index (χ2v) is 5.98. The summed E-state index contributed by atoms with van der Waals surface area (Å²) in [6, 6.07) is 3.72. The van der Waals surface area contributed by atoms with Gasteiger partial charge in [0.25, 0.3) is 0 Å². The van der Waals surface area contributed by atoms with Gasteiger partial charge < -0.3 is 9.67 Å². The molecule has 0 aliphatic carbocycles. The molecule has 19 heavy (non-hydrogen) atoms. The topological polar surface area (TPSA) is 55.1 Å². The number of aliphatic carboxylic acids is 1. The molecule has 0 atom stereocenters. The fourth-order valence-electron chi connectivity index (χ4n) is 2.09. The van der Waals surface area contributed by atoms with Crippen molar-refractivity contribution >= 4 is 28.6 Å². The summed E-state index contributed by atoms with van der Waals surface area (Å²) in [7, 11) is 1.89. The molecule has 102 valence electrons. The van der Waals surface area contributed by atoms with E-state index in [1.165, 1.54) is 0 Å². The number of carbonyl (C=O) groups is 1. The quantitative estimate of drug-likeness (QED) is 0.939. The van der Waals surface area contributed by atoms with Crippen LogP contribution >= 0.6 is 11.6 Å². The van der Waals surface area contributed by atoms with Crippen LogP contribution in [0.4, 0.5) is 0 Å². The van der Waals surface area contributed by atoms with Crippen LogP contribution in [0.1, 0.15) is 25.2 Å². The van der Waals surface area contributed by atoms with Crippen LogP contribution in [0.5, 0.6) is 0 Å². The summed E-state index contributed by atoms with van der Waals surface area (Å²) in [5.74, 6) is -0.0675. The number of hydrogen-bond acceptors (Lipinski definition) is 2. The van der Waals surface area contributed by atoms with Gasteiger partial charge in [0.15, 0.2) is 0 Å². The van der Waals surface area contributed by atoms with Gasteiger partial charge in [-0.05, 0) is 38.5 Å². The molecule has 0 spiro atoms. The Bertz CT molecular complexity index is 659. The van der Waals surface area contributed by atoms with E-state index in [0.29, 0.717) is 11.4 Å². The van der Waals surface area contributed by atoms with Crippen molar-refractivity contribution in [1.82, 2.24) is 9.55 Å². The first-order valence-electron chi connectivity index (χ1n) is 6.07. The zero-order valence-electron chi connectivity index (χ0n) is 11.5. The number of imidazole rings is 1. The number of hydrogen-bond donors (Lipinski definition) is 1. The van der Waals surface area contributed by atoms with E-state index in [2.05, 4.69) is 4.98 Å². The van der Waals surface area contributed by atoms with Crippen molar-refractivity contribution in [1.29, 1.82) is 0 Å². The Labute approximate surface area is 117 Å². The first-order valence-corrected chi connectivity index (χ1v) is 6.45. The second-order valence-electron chi connectivity index (χ2n) is 5.54. The molecule has 1 aromatic heterocycles. The van der Waals surface area contributed by atoms with Gasteiger partial charge in [-0.1, -0.05) is 11.6 Å². The van der Waals surface area contributed by atoms with Crippen LogP contribution in [-0.4, -0.2) is 20.6 Å². The van der Waals surface area contributed by atoms with E-state index in [0.717, 1.165) is 22.4 Å². The number of nitrogens with zero attached hydrogens (tertiary/aromatic N) is 2. The summed E-state index contributed by atoms with van der Waals surface area (Å²) in [6.07, 6.45) is 0.380. The Hall–Kier alpha value is -1.55. The molecule has 0 radical (unpaired) electrons. The lowest BCUT2D eigenvalue weighted by atomic mass is 9.89. The fourth-order valence-corrected chi connectivity index (χ4v) is 2.36. The number of carboxylic acids is 1. The molecule has 0 aliphatic rings. The molecule has 1 heterocycles. The second kappa shape index (κ2) is 4.53. The molecule has 0 fully saturated rings. The Balaban J connectivity index is 2.55. The van der Waals surface area contributed by atoms with Gasteiger partial charge in [-0.15, -0.1) is 0 Å². The van der Waals surface area contributed by atoms with Crippen molar-refractivity contribution in [2.45, 2.75) is 27.2 Å². The van der Waals surface area contributed by atoms with Gasteiger partial charge in [0.1, 0.15) is 5.82 Å². The van der Waals surface area contributed by atoms with Crippen LogP contribution in [0.25, 0.3) is 11.0 Å². The fraction of sp³-hybridized carbons (Fsp3) is 0.429. The maximum Gasteiger partial charge on any atom is 0.309 e. The van der Waals surface area contributed by atoms with E-state index in [-0.39, 0.29) is 0 Å². The number of fused-ring (bicyclic) bond motifs is 1. The maximum absolute atomic E-state index is 11.2. The minimum absolute atomic E-state index is 0.380. The lowest BCUT2D eigenvalue weighted by molar-refractivity contribution is -0.146. The number of aromatic nitrogens is 2. The third kappa shape index (κ3) is 2.45. The van der Waals surface area contributed by atoms with Crippen molar-refractivity contribution in [2.75, 3.05) is 0 Å². The molecule has 0 saturated carbocycles. The van der Waals surface area contributed by atoms with Crippen LogP contribution in [0.15, 0.2) is 12.1 Å². The van der Waals surface area contributed by atoms with Crippen molar-refractivity contribution in [2.24, 2.45) is 12.5 Å². The predicted octanol–water partition coefficient (Wildman–Crippen LogP) is 3.19. The molecule has 1 aromatic carbocycles. The molecule has 0 bridgehead atoms. The normalized spacial score (nSPS) is 12.1. The number of halogens is 1. The highest BCUT2D eigenvalue weighted by Gasteiger charge is 2.29. The van der Waals surface area contributed by atoms with Crippen molar-refractivity contribution in [3.8, 4) is 0 Å². The van der Waals surface area contributed by atoms with E-state index >= 15 is 0 Å². The van der Waals surface area contributed by atoms with Gasteiger partial charge in [0.2, 0.25) is 0 Å². The zero-order valence-corrected chi connectivity index (χ0v) is 12.2. The first-order chi connectivity index (χ1) is 8.72. The minimum Gasteiger partial charge on any atom is -0.481 e. The maximum atomic E-state index is 11.2. The number of aryl methyl sites for hydroxylation is 2. The molecule has 0 aliphatic heterocycles. The van der Waals surface area contributed by atoms with E-state index in [4.69, 9.17) is 11.6 Å². The van der Waals surface area contributed by atoms with Crippen molar-refractivity contribution in [3.05, 3.63) is 28.5 Å². The smallest absolute Gasteiger partial charge is 0.309 e. The van der Waals surface area contributed by atoms with Crippen LogP contribution in [0, 0.1) is 12.3 Å². The molecule has 4 nitrogen and oxygen atoms in total. The average molecular weight is 281 g/mol. The van der Waals surface area contributed by atoms with E-state index in [9.17, 15) is 9.90 Å². The Morgan fingerprint density at radius 3 is 2.68 bits per heavy atom. The van der Waals surface area contributed by atoms with Gasteiger partial charge in [0, 0.05) is 18.5 Å². The molecular weight excluding hydrogens is 264 g/mol. The largest absolute Gasteiger partial charge is 0.481 e. The summed E-state index contributed by atoms with van der Waals surface area (Å²) in [4.78, 5) is 15.8. The highest BCUT2D eigenvalue weighted by atomic mass is 35.5. The summed E-state index contributed by atoms with van der Waals surface area (Å²) in [5.41, 5.74) is 1.97. The third-order valence-corrected chi connectivity index (χ3v) is 3.63. The summed E-state index contributed by atoms with van der Waals surface area (Å²) >= 11 is 6.05. The molecular formula is C14H17ClN2O2. The molecule has 2 aromatic rings. The molecule has 0 saturated heterocycles. The summed E-state index contributed by atoms with van der Waals surface area (Å²) in [6.45, 7) is 5.36. The molecule has 0 unspecified atom stereocenters. The van der Waals surface area contributed by atoms with Gasteiger partial charge in [-0.2, -0.15) is 0 Å². The lowest BCUT2D eigenvalue weighted by Gasteiger charge is -2.18. The van der Waals surface area contributed by atoms with Gasteiger partial charge >= 0.3 is 5.97 Å². The van der Waals surface area contributed by atoms with Crippen molar-refractivity contribution < 1.29 is 9.90 Å². The van der Waals surface area contributed by atoms with Crippen LogP contribution in [0.3, 0.4) is 0 Å². The van der Waals surface area contributed by atoms with Crippen LogP contribution < -0.4 is 0 Å². The summed E-state index contributed by atoms with van der Waals surface area (Å²) in [5, 5.41) is 9.87. The zero-order chi connectivity index (χ0) is 14.4. The standard InChI is InChI=1S/C14H17ClN2O2/c1-8-5-9(15)6-10-12(8)16-11(17(10)4)7-14(2,3)13(18)19/h5-6H,7H2,1-4H3,(H,18,19). The molecule has 2 rings (SSSR count). The highest BCUT2D eigenvalue weighted by Crippen LogP contribution is 2.27. The first kappa shape index (κ1) is 13.9. The summed E-state index contributed by atoms with van der Waals surface area (Å²) < 4.78 is 1.92. The Kier molecular flexibility index (Phi) is 3.31. The van der Waals surface area contributed by atoms with Gasteiger partial charge in [-0.25, -0.2) is 4.98 Å². The Morgan fingerprint density at radius 1 is 1.47 bits per heavy atom. The third-order valence-electron chi connectivity index (χ3n) is 3.41. The highest BCUT2D eigenvalue weighted by molar-refractivity contribution is 6.31. The average Bonchev–Trinajstić information content (AvgIpc) is 2.57.